The first-order valence-electron chi connectivity index (χ1n) is 6.32. The summed E-state index contributed by atoms with van der Waals surface area (Å²) in [6, 6.07) is 7.38. The van der Waals surface area contributed by atoms with Gasteiger partial charge in [-0.15, -0.1) is 0 Å². The quantitative estimate of drug-likeness (QED) is 0.867. The van der Waals surface area contributed by atoms with Gasteiger partial charge in [-0.25, -0.2) is 4.39 Å². The molecule has 1 aliphatic rings. The maximum absolute atomic E-state index is 13.3. The van der Waals surface area contributed by atoms with Gasteiger partial charge in [-0.1, -0.05) is 12.1 Å². The average Bonchev–Trinajstić information content (AvgIpc) is 2.29. The molecule has 2 rings (SSSR count). The number of nitrogens with zero attached hydrogens (tertiary/aromatic N) is 1. The molecule has 1 saturated heterocycles. The first-order chi connectivity index (χ1) is 8.22. The number of piperidine rings is 1. The lowest BCUT2D eigenvalue weighted by Crippen LogP contribution is -2.39. The first-order valence-corrected chi connectivity index (χ1v) is 6.32. The summed E-state index contributed by atoms with van der Waals surface area (Å²) in [5.74, 6) is 0.435. The molecule has 0 spiro atoms. The minimum absolute atomic E-state index is 0.135. The summed E-state index contributed by atoms with van der Waals surface area (Å²) in [6.45, 7) is 2.09. The van der Waals surface area contributed by atoms with Crippen molar-refractivity contribution in [2.75, 3.05) is 27.2 Å². The average molecular weight is 236 g/mol. The lowest BCUT2D eigenvalue weighted by Gasteiger charge is -2.39. The van der Waals surface area contributed by atoms with Crippen LogP contribution in [-0.2, 0) is 0 Å². The van der Waals surface area contributed by atoms with Gasteiger partial charge >= 0.3 is 0 Å². The molecular weight excluding hydrogens is 215 g/mol. The fraction of sp³-hybridized carbons (Fsp3) is 0.571. The lowest BCUT2D eigenvalue weighted by molar-refractivity contribution is 0.120. The van der Waals surface area contributed by atoms with E-state index in [9.17, 15) is 4.39 Å². The monoisotopic (exact) mass is 236 g/mol. The molecule has 94 valence electrons. The van der Waals surface area contributed by atoms with Gasteiger partial charge in [0.15, 0.2) is 0 Å². The molecule has 0 radical (unpaired) electrons. The number of likely N-dealkylation sites (tertiary alicyclic amines) is 1. The zero-order chi connectivity index (χ0) is 12.3. The van der Waals surface area contributed by atoms with Gasteiger partial charge in [-0.05, 0) is 63.6 Å². The Labute approximate surface area is 103 Å². The number of rotatable bonds is 3. The summed E-state index contributed by atoms with van der Waals surface area (Å²) in [4.78, 5) is 2.35. The van der Waals surface area contributed by atoms with E-state index in [1.165, 1.54) is 18.9 Å². The van der Waals surface area contributed by atoms with Crippen LogP contribution in [0, 0.1) is 11.7 Å². The second-order valence-electron chi connectivity index (χ2n) is 4.94. The van der Waals surface area contributed by atoms with E-state index in [4.69, 9.17) is 0 Å². The third-order valence-corrected chi connectivity index (χ3v) is 3.66. The van der Waals surface area contributed by atoms with Crippen LogP contribution in [0.2, 0.25) is 0 Å². The Bertz CT molecular complexity index is 365. The Balaban J connectivity index is 2.24. The van der Waals surface area contributed by atoms with Crippen molar-refractivity contribution in [3.63, 3.8) is 0 Å². The van der Waals surface area contributed by atoms with E-state index in [-0.39, 0.29) is 5.82 Å². The largest absolute Gasteiger partial charge is 0.319 e. The van der Waals surface area contributed by atoms with Crippen molar-refractivity contribution < 1.29 is 4.39 Å². The van der Waals surface area contributed by atoms with Crippen LogP contribution >= 0.6 is 0 Å². The van der Waals surface area contributed by atoms with Crippen LogP contribution in [0.5, 0.6) is 0 Å². The normalized spacial score (nSPS) is 26.1. The predicted octanol–water partition coefficient (Wildman–Crippen LogP) is 2.43. The highest BCUT2D eigenvalue weighted by atomic mass is 19.1. The Morgan fingerprint density at radius 1 is 1.47 bits per heavy atom. The molecule has 17 heavy (non-hydrogen) atoms. The van der Waals surface area contributed by atoms with Crippen LogP contribution in [-0.4, -0.2) is 32.1 Å². The van der Waals surface area contributed by atoms with E-state index in [2.05, 4.69) is 17.3 Å². The fourth-order valence-corrected chi connectivity index (χ4v) is 2.95. The first kappa shape index (κ1) is 12.5. The number of nitrogens with one attached hydrogen (secondary N) is 1. The third kappa shape index (κ3) is 2.85. The number of hydrogen-bond donors (Lipinski definition) is 1. The molecule has 2 nitrogen and oxygen atoms in total. The van der Waals surface area contributed by atoms with Gasteiger partial charge in [-0.2, -0.15) is 0 Å². The zero-order valence-electron chi connectivity index (χ0n) is 10.6. The molecule has 1 aliphatic heterocycles. The van der Waals surface area contributed by atoms with Crippen molar-refractivity contribution in [1.29, 1.82) is 0 Å². The van der Waals surface area contributed by atoms with Gasteiger partial charge < -0.3 is 5.32 Å². The van der Waals surface area contributed by atoms with Crippen LogP contribution in [0.4, 0.5) is 4.39 Å². The van der Waals surface area contributed by atoms with E-state index in [1.54, 1.807) is 6.07 Å². The SMILES string of the molecule is CNCC1CCCN(C)C1c1cccc(F)c1. The van der Waals surface area contributed by atoms with Crippen molar-refractivity contribution in [1.82, 2.24) is 10.2 Å². The summed E-state index contributed by atoms with van der Waals surface area (Å²) in [6.07, 6.45) is 2.45. The van der Waals surface area contributed by atoms with E-state index in [0.717, 1.165) is 18.7 Å². The maximum atomic E-state index is 13.3. The van der Waals surface area contributed by atoms with E-state index in [1.807, 2.05) is 19.2 Å². The van der Waals surface area contributed by atoms with Gasteiger partial charge in [0.1, 0.15) is 5.82 Å². The highest BCUT2D eigenvalue weighted by Gasteiger charge is 2.29. The van der Waals surface area contributed by atoms with Gasteiger partial charge in [0.05, 0.1) is 0 Å². The molecule has 1 N–H and O–H groups in total. The molecule has 0 amide bonds. The second-order valence-corrected chi connectivity index (χ2v) is 4.94. The van der Waals surface area contributed by atoms with Gasteiger partial charge in [0.2, 0.25) is 0 Å². The van der Waals surface area contributed by atoms with Crippen molar-refractivity contribution in [3.8, 4) is 0 Å². The molecule has 1 aromatic carbocycles. The standard InChI is InChI=1S/C14H21FN2/c1-16-10-12-6-4-8-17(2)14(12)11-5-3-7-13(15)9-11/h3,5,7,9,12,14,16H,4,6,8,10H2,1-2H3. The Morgan fingerprint density at radius 3 is 3.00 bits per heavy atom. The van der Waals surface area contributed by atoms with Crippen LogP contribution in [0.15, 0.2) is 24.3 Å². The van der Waals surface area contributed by atoms with E-state index < -0.39 is 0 Å². The highest BCUT2D eigenvalue weighted by molar-refractivity contribution is 5.21. The third-order valence-electron chi connectivity index (χ3n) is 3.66. The van der Waals surface area contributed by atoms with Gasteiger partial charge in [-0.3, -0.25) is 4.90 Å². The molecule has 0 saturated carbocycles. The number of halogens is 1. The lowest BCUT2D eigenvalue weighted by atomic mass is 9.85. The van der Waals surface area contributed by atoms with Crippen molar-refractivity contribution in [2.24, 2.45) is 5.92 Å². The summed E-state index contributed by atoms with van der Waals surface area (Å²) < 4.78 is 13.3. The van der Waals surface area contributed by atoms with E-state index >= 15 is 0 Å². The highest BCUT2D eigenvalue weighted by Crippen LogP contribution is 2.34. The summed E-state index contributed by atoms with van der Waals surface area (Å²) >= 11 is 0. The Hall–Kier alpha value is -0.930. The van der Waals surface area contributed by atoms with Crippen molar-refractivity contribution in [2.45, 2.75) is 18.9 Å². The van der Waals surface area contributed by atoms with Crippen LogP contribution in [0.3, 0.4) is 0 Å². The minimum Gasteiger partial charge on any atom is -0.319 e. The van der Waals surface area contributed by atoms with E-state index in [0.29, 0.717) is 12.0 Å². The molecule has 1 aromatic rings. The van der Waals surface area contributed by atoms with Crippen molar-refractivity contribution in [3.05, 3.63) is 35.6 Å². The van der Waals surface area contributed by atoms with Crippen LogP contribution in [0.1, 0.15) is 24.4 Å². The second kappa shape index (κ2) is 5.61. The molecule has 3 heteroatoms. The summed E-state index contributed by atoms with van der Waals surface area (Å²) in [5.41, 5.74) is 1.10. The fourth-order valence-electron chi connectivity index (χ4n) is 2.95. The molecule has 0 bridgehead atoms. The topological polar surface area (TPSA) is 15.3 Å². The number of benzene rings is 1. The molecule has 1 heterocycles. The van der Waals surface area contributed by atoms with Gasteiger partial charge in [0.25, 0.3) is 0 Å². The smallest absolute Gasteiger partial charge is 0.123 e. The summed E-state index contributed by atoms with van der Waals surface area (Å²) in [5, 5.41) is 3.25. The predicted molar refractivity (Wildman–Crippen MR) is 68.4 cm³/mol. The Kier molecular flexibility index (Phi) is 4.13. The minimum atomic E-state index is -0.135. The zero-order valence-corrected chi connectivity index (χ0v) is 10.6. The maximum Gasteiger partial charge on any atom is 0.123 e. The number of hydrogen-bond acceptors (Lipinski definition) is 2. The molecule has 2 atom stereocenters. The van der Waals surface area contributed by atoms with Crippen molar-refractivity contribution >= 4 is 0 Å². The van der Waals surface area contributed by atoms with Crippen LogP contribution in [0.25, 0.3) is 0 Å². The Morgan fingerprint density at radius 2 is 2.29 bits per heavy atom. The molecular formula is C14H21FN2. The summed E-state index contributed by atoms with van der Waals surface area (Å²) in [7, 11) is 4.12. The molecule has 2 unspecified atom stereocenters. The van der Waals surface area contributed by atoms with Crippen LogP contribution < -0.4 is 5.32 Å². The van der Waals surface area contributed by atoms with Gasteiger partial charge in [0, 0.05) is 6.04 Å². The molecule has 0 aromatic heterocycles. The molecule has 1 fully saturated rings. The molecule has 0 aliphatic carbocycles.